The molecule has 2 heterocycles. The molecule has 3 aromatic rings. The highest BCUT2D eigenvalue weighted by Gasteiger charge is 2.09. The van der Waals surface area contributed by atoms with Crippen molar-refractivity contribution in [1.82, 2.24) is 19.6 Å². The second kappa shape index (κ2) is 8.17. The Kier molecular flexibility index (Phi) is 5.70. The van der Waals surface area contributed by atoms with Crippen LogP contribution in [0.1, 0.15) is 22.6 Å². The van der Waals surface area contributed by atoms with E-state index >= 15 is 0 Å². The van der Waals surface area contributed by atoms with Crippen molar-refractivity contribution in [3.8, 4) is 0 Å². The van der Waals surface area contributed by atoms with Crippen LogP contribution in [0.2, 0.25) is 0 Å². The first-order valence-corrected chi connectivity index (χ1v) is 9.10. The summed E-state index contributed by atoms with van der Waals surface area (Å²) in [6, 6.07) is 8.57. The second-order valence-electron chi connectivity index (χ2n) is 6.03. The maximum atomic E-state index is 12.1. The van der Waals surface area contributed by atoms with Gasteiger partial charge in [0.15, 0.2) is 5.69 Å². The molecule has 0 aliphatic rings. The quantitative estimate of drug-likeness (QED) is 0.628. The number of aromatic nitrogens is 4. The lowest BCUT2D eigenvalue weighted by Crippen LogP contribution is -2.15. The number of carbonyl (C=O) groups is 2. The highest BCUT2D eigenvalue weighted by Crippen LogP contribution is 2.16. The Balaban J connectivity index is 1.50. The molecule has 8 nitrogen and oxygen atoms in total. The van der Waals surface area contributed by atoms with Crippen molar-refractivity contribution >= 4 is 39.1 Å². The van der Waals surface area contributed by atoms with E-state index in [-0.39, 0.29) is 11.8 Å². The molecule has 140 valence electrons. The van der Waals surface area contributed by atoms with E-state index in [1.807, 2.05) is 13.1 Å². The third kappa shape index (κ3) is 5.04. The van der Waals surface area contributed by atoms with Crippen molar-refractivity contribution in [3.05, 3.63) is 58.6 Å². The number of nitrogens with one attached hydrogen (secondary N) is 2. The van der Waals surface area contributed by atoms with E-state index < -0.39 is 0 Å². The Hall–Kier alpha value is -2.94. The molecule has 0 saturated carbocycles. The van der Waals surface area contributed by atoms with Crippen LogP contribution in [0.15, 0.2) is 47.2 Å². The van der Waals surface area contributed by atoms with Gasteiger partial charge < -0.3 is 10.6 Å². The van der Waals surface area contributed by atoms with Gasteiger partial charge in [-0.25, -0.2) is 0 Å². The van der Waals surface area contributed by atoms with Crippen LogP contribution in [-0.2, 0) is 18.4 Å². The smallest absolute Gasteiger partial charge is 0.276 e. The van der Waals surface area contributed by atoms with E-state index in [9.17, 15) is 9.59 Å². The summed E-state index contributed by atoms with van der Waals surface area (Å²) in [6.07, 6.45) is 3.87. The lowest BCUT2D eigenvalue weighted by molar-refractivity contribution is -0.116. The minimum atomic E-state index is -0.284. The number of aryl methyl sites for hydroxylation is 3. The fourth-order valence-corrected chi connectivity index (χ4v) is 2.73. The molecule has 2 amide bonds. The van der Waals surface area contributed by atoms with Gasteiger partial charge in [0, 0.05) is 43.8 Å². The van der Waals surface area contributed by atoms with Crippen LogP contribution in [0.4, 0.5) is 11.4 Å². The van der Waals surface area contributed by atoms with Crippen LogP contribution in [0.5, 0.6) is 0 Å². The zero-order valence-corrected chi connectivity index (χ0v) is 16.5. The number of nitrogens with zero attached hydrogens (tertiary/aromatic N) is 4. The number of hydrogen-bond donors (Lipinski definition) is 2. The Morgan fingerprint density at radius 2 is 1.74 bits per heavy atom. The number of hydrogen-bond acceptors (Lipinski definition) is 4. The summed E-state index contributed by atoms with van der Waals surface area (Å²) in [4.78, 5) is 24.2. The zero-order valence-electron chi connectivity index (χ0n) is 14.9. The lowest BCUT2D eigenvalue weighted by atomic mass is 10.2. The number of rotatable bonds is 6. The van der Waals surface area contributed by atoms with Gasteiger partial charge in [0.25, 0.3) is 5.91 Å². The molecule has 3 rings (SSSR count). The van der Waals surface area contributed by atoms with Crippen molar-refractivity contribution in [2.24, 2.45) is 7.05 Å². The monoisotopic (exact) mass is 430 g/mol. The van der Waals surface area contributed by atoms with Gasteiger partial charge in [-0.1, -0.05) is 0 Å². The largest absolute Gasteiger partial charge is 0.326 e. The Bertz CT molecular complexity index is 941. The minimum absolute atomic E-state index is 0.107. The maximum absolute atomic E-state index is 12.1. The summed E-state index contributed by atoms with van der Waals surface area (Å²) in [5, 5.41) is 13.9. The average Bonchev–Trinajstić information content (AvgIpc) is 3.20. The molecule has 0 unspecified atom stereocenters. The van der Waals surface area contributed by atoms with Crippen LogP contribution in [-0.4, -0.2) is 31.4 Å². The number of carbonyl (C=O) groups excluding carboxylic acids is 2. The van der Waals surface area contributed by atoms with E-state index in [4.69, 9.17) is 0 Å². The Morgan fingerprint density at radius 1 is 1.07 bits per heavy atom. The highest BCUT2D eigenvalue weighted by molar-refractivity contribution is 9.10. The van der Waals surface area contributed by atoms with Gasteiger partial charge in [-0.2, -0.15) is 10.2 Å². The summed E-state index contributed by atoms with van der Waals surface area (Å²) in [5.74, 6) is -0.391. The third-order valence-corrected chi connectivity index (χ3v) is 4.61. The number of halogens is 1. The summed E-state index contributed by atoms with van der Waals surface area (Å²) in [7, 11) is 1.75. The van der Waals surface area contributed by atoms with Crippen molar-refractivity contribution in [2.45, 2.75) is 19.9 Å². The molecule has 0 radical (unpaired) electrons. The predicted molar refractivity (Wildman–Crippen MR) is 106 cm³/mol. The van der Waals surface area contributed by atoms with Crippen molar-refractivity contribution in [2.75, 3.05) is 10.6 Å². The first kappa shape index (κ1) is 18.8. The molecular formula is C18H19BrN6O2. The van der Waals surface area contributed by atoms with Crippen LogP contribution in [0.3, 0.4) is 0 Å². The number of anilines is 2. The standard InChI is InChI=1S/C18H19BrN6O2/c1-12-15(19)11-25(22-12)10-8-17(26)20-13-3-5-14(6-4-13)21-18(27)16-7-9-24(2)23-16/h3-7,9,11H,8,10H2,1-2H3,(H,20,26)(H,21,27). The third-order valence-electron chi connectivity index (χ3n) is 3.83. The summed E-state index contributed by atoms with van der Waals surface area (Å²) in [6.45, 7) is 2.39. The summed E-state index contributed by atoms with van der Waals surface area (Å²) < 4.78 is 4.22. The van der Waals surface area contributed by atoms with E-state index in [1.54, 1.807) is 52.9 Å². The fourth-order valence-electron chi connectivity index (χ4n) is 2.42. The zero-order chi connectivity index (χ0) is 19.4. The minimum Gasteiger partial charge on any atom is -0.326 e. The topological polar surface area (TPSA) is 93.8 Å². The van der Waals surface area contributed by atoms with E-state index in [1.165, 1.54) is 0 Å². The molecule has 2 N–H and O–H groups in total. The molecule has 9 heteroatoms. The van der Waals surface area contributed by atoms with E-state index in [2.05, 4.69) is 36.8 Å². The van der Waals surface area contributed by atoms with Gasteiger partial charge in [0.2, 0.25) is 5.91 Å². The molecule has 27 heavy (non-hydrogen) atoms. The predicted octanol–water partition coefficient (Wildman–Crippen LogP) is 2.97. The highest BCUT2D eigenvalue weighted by atomic mass is 79.9. The van der Waals surface area contributed by atoms with Crippen molar-refractivity contribution in [1.29, 1.82) is 0 Å². The lowest BCUT2D eigenvalue weighted by Gasteiger charge is -2.07. The molecule has 0 aliphatic heterocycles. The summed E-state index contributed by atoms with van der Waals surface area (Å²) in [5.41, 5.74) is 2.52. The summed E-state index contributed by atoms with van der Waals surface area (Å²) >= 11 is 3.40. The van der Waals surface area contributed by atoms with Gasteiger partial charge in [-0.05, 0) is 53.2 Å². The first-order chi connectivity index (χ1) is 12.9. The second-order valence-corrected chi connectivity index (χ2v) is 6.88. The van der Waals surface area contributed by atoms with Crippen LogP contribution < -0.4 is 10.6 Å². The van der Waals surface area contributed by atoms with Gasteiger partial charge >= 0.3 is 0 Å². The SMILES string of the molecule is Cc1nn(CCC(=O)Nc2ccc(NC(=O)c3ccn(C)n3)cc2)cc1Br. The molecule has 0 aliphatic carbocycles. The molecule has 1 aromatic carbocycles. The van der Waals surface area contributed by atoms with Gasteiger partial charge in [0.1, 0.15) is 0 Å². The Morgan fingerprint density at radius 3 is 2.30 bits per heavy atom. The van der Waals surface area contributed by atoms with Crippen LogP contribution in [0.25, 0.3) is 0 Å². The first-order valence-electron chi connectivity index (χ1n) is 8.31. The molecule has 0 bridgehead atoms. The normalized spacial score (nSPS) is 10.6. The number of benzene rings is 1. The van der Waals surface area contributed by atoms with Crippen molar-refractivity contribution in [3.63, 3.8) is 0 Å². The van der Waals surface area contributed by atoms with E-state index in [0.717, 1.165) is 10.2 Å². The van der Waals surface area contributed by atoms with Crippen LogP contribution >= 0.6 is 15.9 Å². The molecule has 0 atom stereocenters. The van der Waals surface area contributed by atoms with Gasteiger partial charge in [-0.15, -0.1) is 0 Å². The van der Waals surface area contributed by atoms with Gasteiger partial charge in [0.05, 0.1) is 10.2 Å². The van der Waals surface area contributed by atoms with Gasteiger partial charge in [-0.3, -0.25) is 19.0 Å². The Labute approximate surface area is 164 Å². The molecular weight excluding hydrogens is 412 g/mol. The average molecular weight is 431 g/mol. The van der Waals surface area contributed by atoms with Crippen molar-refractivity contribution < 1.29 is 9.59 Å². The molecule has 2 aromatic heterocycles. The fraction of sp³-hybridized carbons (Fsp3) is 0.222. The van der Waals surface area contributed by atoms with E-state index in [0.29, 0.717) is 30.0 Å². The molecule has 0 fully saturated rings. The van der Waals surface area contributed by atoms with Crippen LogP contribution in [0, 0.1) is 6.92 Å². The molecule has 0 saturated heterocycles. The number of amides is 2. The molecule has 0 spiro atoms. The maximum Gasteiger partial charge on any atom is 0.276 e.